The maximum Gasteiger partial charge on any atom is 0.154 e. The number of anilines is 1. The molecule has 0 atom stereocenters. The highest BCUT2D eigenvalue weighted by molar-refractivity contribution is 5.35. The van der Waals surface area contributed by atoms with Crippen LogP contribution in [-0.2, 0) is 13.1 Å². The molecule has 1 aliphatic rings. The number of rotatable bonds is 5. The minimum Gasteiger partial charge on any atom is -0.355 e. The van der Waals surface area contributed by atoms with Crippen molar-refractivity contribution in [3.05, 3.63) is 42.9 Å². The molecule has 130 valence electrons. The molecule has 25 heavy (non-hydrogen) atoms. The molecule has 0 aliphatic carbocycles. The van der Waals surface area contributed by atoms with Gasteiger partial charge < -0.3 is 9.47 Å². The summed E-state index contributed by atoms with van der Waals surface area (Å²) in [4.78, 5) is 14.8. The first-order valence-electron chi connectivity index (χ1n) is 8.60. The molecule has 4 heterocycles. The third kappa shape index (κ3) is 3.21. The molecule has 0 saturated carbocycles. The Hall–Kier alpha value is -2.84. The van der Waals surface area contributed by atoms with Crippen LogP contribution in [0.1, 0.15) is 37.3 Å². The first-order chi connectivity index (χ1) is 12.3. The Morgan fingerprint density at radius 1 is 1.12 bits per heavy atom. The van der Waals surface area contributed by atoms with E-state index in [1.165, 1.54) is 6.33 Å². The van der Waals surface area contributed by atoms with Gasteiger partial charge >= 0.3 is 0 Å². The lowest BCUT2D eigenvalue weighted by molar-refractivity contribution is 0.461. The molecule has 1 saturated heterocycles. The van der Waals surface area contributed by atoms with Gasteiger partial charge in [0.15, 0.2) is 5.82 Å². The number of aromatic nitrogens is 8. The van der Waals surface area contributed by atoms with Crippen LogP contribution in [0.5, 0.6) is 0 Å². The van der Waals surface area contributed by atoms with Crippen LogP contribution >= 0.6 is 0 Å². The zero-order valence-corrected chi connectivity index (χ0v) is 14.2. The van der Waals surface area contributed by atoms with Crippen LogP contribution in [0, 0.1) is 0 Å². The van der Waals surface area contributed by atoms with Gasteiger partial charge in [-0.3, -0.25) is 4.98 Å². The van der Waals surface area contributed by atoms with Gasteiger partial charge in [-0.15, -0.1) is 10.2 Å². The SMILES string of the molecule is CCn1c(Cn2cncn2)nnc1C1CCN(c2cnccn2)CC1. The highest BCUT2D eigenvalue weighted by Crippen LogP contribution is 2.29. The van der Waals surface area contributed by atoms with Crippen molar-refractivity contribution >= 4 is 5.82 Å². The predicted octanol–water partition coefficient (Wildman–Crippen LogP) is 1.11. The maximum absolute atomic E-state index is 4.49. The highest BCUT2D eigenvalue weighted by Gasteiger charge is 2.26. The summed E-state index contributed by atoms with van der Waals surface area (Å²) in [5.74, 6) is 3.38. The molecule has 1 aliphatic heterocycles. The quantitative estimate of drug-likeness (QED) is 0.688. The lowest BCUT2D eigenvalue weighted by Crippen LogP contribution is -2.34. The molecule has 0 amide bonds. The molecular weight excluding hydrogens is 318 g/mol. The topological polar surface area (TPSA) is 90.4 Å². The lowest BCUT2D eigenvalue weighted by atomic mass is 9.96. The third-order valence-electron chi connectivity index (χ3n) is 4.68. The van der Waals surface area contributed by atoms with Gasteiger partial charge in [-0.05, 0) is 19.8 Å². The molecule has 0 unspecified atom stereocenters. The summed E-state index contributed by atoms with van der Waals surface area (Å²) in [6, 6.07) is 0. The summed E-state index contributed by atoms with van der Waals surface area (Å²) in [6.07, 6.45) is 10.6. The molecule has 1 fully saturated rings. The first kappa shape index (κ1) is 15.7. The summed E-state index contributed by atoms with van der Waals surface area (Å²) >= 11 is 0. The van der Waals surface area contributed by atoms with Crippen LogP contribution < -0.4 is 4.90 Å². The normalized spacial score (nSPS) is 15.6. The summed E-state index contributed by atoms with van der Waals surface area (Å²) in [7, 11) is 0. The average molecular weight is 339 g/mol. The fourth-order valence-electron chi connectivity index (χ4n) is 3.39. The smallest absolute Gasteiger partial charge is 0.154 e. The van der Waals surface area contributed by atoms with E-state index in [1.807, 2.05) is 6.20 Å². The van der Waals surface area contributed by atoms with Crippen LogP contribution in [0.25, 0.3) is 0 Å². The van der Waals surface area contributed by atoms with Gasteiger partial charge in [0.25, 0.3) is 0 Å². The van der Waals surface area contributed by atoms with E-state index in [-0.39, 0.29) is 0 Å². The van der Waals surface area contributed by atoms with Gasteiger partial charge in [0, 0.05) is 37.9 Å². The number of hydrogen-bond acceptors (Lipinski definition) is 7. The Bertz CT molecular complexity index is 788. The molecular formula is C16H21N9. The van der Waals surface area contributed by atoms with Crippen LogP contribution in [0.4, 0.5) is 5.82 Å². The molecule has 3 aromatic heterocycles. The Kier molecular flexibility index (Phi) is 4.36. The van der Waals surface area contributed by atoms with Crippen molar-refractivity contribution < 1.29 is 0 Å². The fourth-order valence-corrected chi connectivity index (χ4v) is 3.39. The van der Waals surface area contributed by atoms with E-state index in [9.17, 15) is 0 Å². The first-order valence-corrected chi connectivity index (χ1v) is 8.60. The number of nitrogens with zero attached hydrogens (tertiary/aromatic N) is 9. The Labute approximate surface area is 145 Å². The monoisotopic (exact) mass is 339 g/mol. The van der Waals surface area contributed by atoms with Gasteiger partial charge in [-0.25, -0.2) is 14.6 Å². The van der Waals surface area contributed by atoms with E-state index in [4.69, 9.17) is 0 Å². The minimum absolute atomic E-state index is 0.421. The molecule has 0 radical (unpaired) electrons. The maximum atomic E-state index is 4.49. The van der Waals surface area contributed by atoms with Crippen LogP contribution in [-0.4, -0.2) is 52.6 Å². The zero-order valence-electron chi connectivity index (χ0n) is 14.2. The minimum atomic E-state index is 0.421. The second kappa shape index (κ2) is 6.96. The third-order valence-corrected chi connectivity index (χ3v) is 4.68. The summed E-state index contributed by atoms with van der Waals surface area (Å²) < 4.78 is 3.99. The summed E-state index contributed by atoms with van der Waals surface area (Å²) in [5.41, 5.74) is 0. The fraction of sp³-hybridized carbons (Fsp3) is 0.500. The van der Waals surface area contributed by atoms with Crippen molar-refractivity contribution in [2.75, 3.05) is 18.0 Å². The Balaban J connectivity index is 1.47. The van der Waals surface area contributed by atoms with Crippen molar-refractivity contribution in [1.29, 1.82) is 0 Å². The standard InChI is InChI=1S/C16H21N9/c1-2-25-15(10-24-12-18-11-20-24)21-22-16(25)13-3-7-23(8-4-13)14-9-17-5-6-19-14/h5-6,9,11-13H,2-4,7-8,10H2,1H3. The van der Waals surface area contributed by atoms with Gasteiger partial charge in [0.2, 0.25) is 0 Å². The molecule has 9 heteroatoms. The predicted molar refractivity (Wildman–Crippen MR) is 91.0 cm³/mol. The van der Waals surface area contributed by atoms with E-state index < -0.39 is 0 Å². The average Bonchev–Trinajstić information content (AvgIpc) is 3.32. The lowest BCUT2D eigenvalue weighted by Gasteiger charge is -2.32. The highest BCUT2D eigenvalue weighted by atomic mass is 15.4. The summed E-state index contributed by atoms with van der Waals surface area (Å²) in [6.45, 7) is 5.50. The molecule has 0 N–H and O–H groups in total. The van der Waals surface area contributed by atoms with Crippen molar-refractivity contribution in [3.63, 3.8) is 0 Å². The second-order valence-corrected chi connectivity index (χ2v) is 6.14. The van der Waals surface area contributed by atoms with Crippen molar-refractivity contribution in [2.45, 2.75) is 38.8 Å². The van der Waals surface area contributed by atoms with Crippen LogP contribution in [0.15, 0.2) is 31.2 Å². The van der Waals surface area contributed by atoms with E-state index in [0.717, 1.165) is 49.9 Å². The van der Waals surface area contributed by atoms with Crippen molar-refractivity contribution in [2.24, 2.45) is 0 Å². The number of hydrogen-bond donors (Lipinski definition) is 0. The van der Waals surface area contributed by atoms with Gasteiger partial charge in [-0.2, -0.15) is 5.10 Å². The van der Waals surface area contributed by atoms with Crippen LogP contribution in [0.2, 0.25) is 0 Å². The number of piperidine rings is 1. The van der Waals surface area contributed by atoms with Gasteiger partial charge in [0.05, 0.1) is 6.20 Å². The van der Waals surface area contributed by atoms with Gasteiger partial charge in [-0.1, -0.05) is 0 Å². The zero-order chi connectivity index (χ0) is 17.1. The van der Waals surface area contributed by atoms with E-state index in [0.29, 0.717) is 12.5 Å². The molecule has 0 aromatic carbocycles. The van der Waals surface area contributed by atoms with E-state index in [1.54, 1.807) is 23.4 Å². The molecule has 0 bridgehead atoms. The van der Waals surface area contributed by atoms with Gasteiger partial charge in [0.1, 0.15) is 30.8 Å². The van der Waals surface area contributed by atoms with E-state index >= 15 is 0 Å². The Morgan fingerprint density at radius 3 is 2.68 bits per heavy atom. The summed E-state index contributed by atoms with van der Waals surface area (Å²) in [5, 5.41) is 13.1. The van der Waals surface area contributed by atoms with Crippen molar-refractivity contribution in [1.82, 2.24) is 39.5 Å². The molecule has 9 nitrogen and oxygen atoms in total. The van der Waals surface area contributed by atoms with Crippen LogP contribution in [0.3, 0.4) is 0 Å². The Morgan fingerprint density at radius 2 is 2.00 bits per heavy atom. The molecule has 3 aromatic rings. The van der Waals surface area contributed by atoms with E-state index in [2.05, 4.69) is 46.6 Å². The largest absolute Gasteiger partial charge is 0.355 e. The van der Waals surface area contributed by atoms with Crippen molar-refractivity contribution in [3.8, 4) is 0 Å². The second-order valence-electron chi connectivity index (χ2n) is 6.14. The molecule has 4 rings (SSSR count). The molecule has 0 spiro atoms.